The Bertz CT molecular complexity index is 3280. The van der Waals surface area contributed by atoms with Crippen LogP contribution < -0.4 is 9.46 Å². The van der Waals surface area contributed by atoms with Crippen LogP contribution in [0.15, 0.2) is 207 Å². The van der Waals surface area contributed by atoms with Gasteiger partial charge in [0.25, 0.3) is 0 Å². The molecule has 12 atom stereocenters. The van der Waals surface area contributed by atoms with E-state index in [1.165, 1.54) is 34.9 Å². The Morgan fingerprint density at radius 2 is 0.912 bits per heavy atom. The zero-order valence-electron chi connectivity index (χ0n) is 43.7. The van der Waals surface area contributed by atoms with Gasteiger partial charge in [-0.1, -0.05) is 178 Å². The predicted octanol–water partition coefficient (Wildman–Crippen LogP) is 15.6. The van der Waals surface area contributed by atoms with Crippen LogP contribution >= 0.6 is 67.4 Å². The summed E-state index contributed by atoms with van der Waals surface area (Å²) in [6.07, 6.45) is 11.6. The van der Waals surface area contributed by atoms with Crippen molar-refractivity contribution in [1.82, 2.24) is 19.9 Å². The molecule has 24 heteroatoms. The van der Waals surface area contributed by atoms with Gasteiger partial charge in [0.15, 0.2) is 18.5 Å². The highest BCUT2D eigenvalue weighted by Crippen LogP contribution is 2.85. The first-order valence-corrected chi connectivity index (χ1v) is 43.8. The zero-order chi connectivity index (χ0) is 56.2. The molecule has 414 valence electrons. The summed E-state index contributed by atoms with van der Waals surface area (Å²) < 4.78 is 26.1. The normalized spacial score (nSPS) is 31.9. The summed E-state index contributed by atoms with van der Waals surface area (Å²) in [5, 5.41) is 24.2. The van der Waals surface area contributed by atoms with Crippen molar-refractivity contribution in [2.45, 2.75) is 57.3 Å². The molecule has 4 unspecified atom stereocenters. The first-order chi connectivity index (χ1) is 38.4. The van der Waals surface area contributed by atoms with Gasteiger partial charge >= 0.3 is 0 Å². The van der Waals surface area contributed by atoms with Gasteiger partial charge in [0.05, 0.1) is 33.3 Å². The molecule has 0 spiro atoms. The first kappa shape index (κ1) is 59.9. The zero-order valence-corrected chi connectivity index (χ0v) is 53.8. The van der Waals surface area contributed by atoms with Crippen molar-refractivity contribution in [3.8, 4) is 0 Å². The lowest BCUT2D eigenvalue weighted by Crippen LogP contribution is -2.54. The average molecular weight is 1290 g/mol. The van der Waals surface area contributed by atoms with Crippen LogP contribution in [0.5, 0.6) is 0 Å². The van der Waals surface area contributed by atoms with E-state index in [1.54, 1.807) is 54.0 Å². The van der Waals surface area contributed by atoms with Gasteiger partial charge in [-0.3, -0.25) is 19.9 Å². The van der Waals surface area contributed by atoms with Crippen molar-refractivity contribution in [3.05, 3.63) is 263 Å². The number of pyridine rings is 6. The Labute approximate surface area is 504 Å². The summed E-state index contributed by atoms with van der Waals surface area (Å²) in [7, 11) is 0. The maximum Gasteiger partial charge on any atom is 0.223 e. The van der Waals surface area contributed by atoms with Gasteiger partial charge in [-0.25, -0.2) is 0 Å². The molecule has 0 amide bonds. The Morgan fingerprint density at radius 1 is 0.450 bits per heavy atom. The van der Waals surface area contributed by atoms with E-state index >= 15 is 0 Å². The average Bonchev–Trinajstić information content (AvgIpc) is 4.34. The molecule has 1 saturated carbocycles. The third-order valence-electron chi connectivity index (χ3n) is 13.4. The highest BCUT2D eigenvalue weighted by Gasteiger charge is 2.71. The molecule has 8 aromatic rings. The number of rotatable bonds is 8. The van der Waals surface area contributed by atoms with E-state index in [2.05, 4.69) is 93.9 Å². The molecule has 12 nitrogen and oxygen atoms in total. The molecule has 5 aliphatic rings. The molecule has 5 fully saturated rings. The highest BCUT2D eigenvalue weighted by atomic mass is 32.9. The number of hydrogen-bond donors (Lipinski definition) is 0. The number of hydrogen-bond acceptors (Lipinski definition) is 18. The maximum absolute atomic E-state index is 12.0. The minimum absolute atomic E-state index is 0.0735. The second kappa shape index (κ2) is 25.6. The van der Waals surface area contributed by atoms with Gasteiger partial charge in [-0.15, -0.1) is 0 Å². The number of benzene rings is 2. The molecule has 4 saturated heterocycles. The first-order valence-electron chi connectivity index (χ1n) is 25.3. The van der Waals surface area contributed by atoms with Gasteiger partial charge in [0.1, 0.15) is 49.7 Å². The second-order valence-electron chi connectivity index (χ2n) is 19.2. The minimum atomic E-state index is -2.08. The Kier molecular flexibility index (Phi) is 19.1. The Morgan fingerprint density at radius 3 is 1.44 bits per heavy atom. The van der Waals surface area contributed by atoms with Crippen LogP contribution in [0, 0.1) is 10.4 Å². The van der Waals surface area contributed by atoms with Gasteiger partial charge in [-0.2, -0.15) is 9.46 Å². The van der Waals surface area contributed by atoms with Crippen molar-refractivity contribution in [2.75, 3.05) is 26.7 Å². The van der Waals surface area contributed by atoms with Crippen LogP contribution in [-0.2, 0) is 75.7 Å². The van der Waals surface area contributed by atoms with Gasteiger partial charge in [0.2, 0.25) is 11.4 Å². The molecule has 6 aromatic heterocycles. The lowest BCUT2D eigenvalue weighted by atomic mass is 9.64. The van der Waals surface area contributed by atoms with E-state index in [0.29, 0.717) is 16.6 Å². The molecule has 0 N–H and O–H groups in total. The van der Waals surface area contributed by atoms with E-state index in [-0.39, 0.29) is 27.5 Å². The van der Waals surface area contributed by atoms with Crippen LogP contribution in [0.2, 0.25) is 0 Å². The summed E-state index contributed by atoms with van der Waals surface area (Å²) in [5.74, 6) is 0. The summed E-state index contributed by atoms with van der Waals surface area (Å²) in [5.41, 5.74) is -0.364. The Balaban J connectivity index is 0.000000120. The molecule has 2 aromatic carbocycles. The van der Waals surface area contributed by atoms with Crippen LogP contribution in [-0.4, -0.2) is 46.6 Å². The summed E-state index contributed by atoms with van der Waals surface area (Å²) in [4.78, 5) is 18.0. The fourth-order valence-corrected chi connectivity index (χ4v) is 32.8. The van der Waals surface area contributed by atoms with Crippen molar-refractivity contribution < 1.29 is 27.6 Å². The van der Waals surface area contributed by atoms with Gasteiger partial charge in [0, 0.05) is 49.1 Å². The predicted molar refractivity (Wildman–Crippen MR) is 345 cm³/mol. The lowest BCUT2D eigenvalue weighted by molar-refractivity contribution is -0.623. The standard InChI is InChI=1S/C15H15N2OPS2.C15H15OPS2.C13H13N2O3PS2.C13H13N2OPS2/c1-19(20)18-14(12-6-2-4-10-16-12)8-9-15(14,21-19)13-7-3-5-11-17-13;1-17(18)16-14(12-8-4-2-5-9-12)15(19-17)13-10-6-3-7-11-13;1-19(20)18-12(10-6-2-4-8-14(10)16)13(21-19)11-7-3-5-9-15(11)17;1-17(18)16-12(10-6-2-4-8-14-10)13(19-17)11-7-3-5-9-15-11/h2-7,10-11H,8-9H2,1H3;2-11,14-15H,1H3;2-9,12-13H,1H3;2-9,12-13H,1H3/t14-,15+,19?;14-,15+,17?;12-,13+,19?;12-,13+,17?/m1111/s1. The molecule has 1 aliphatic carbocycles. The molecule has 13 rings (SSSR count). The van der Waals surface area contributed by atoms with Crippen LogP contribution in [0.4, 0.5) is 0 Å². The van der Waals surface area contributed by atoms with Gasteiger partial charge in [-0.05, 0) is 111 Å². The van der Waals surface area contributed by atoms with E-state index in [4.69, 9.17) is 65.3 Å². The number of nitrogens with zero attached hydrogens (tertiary/aromatic N) is 6. The number of fused-ring (bicyclic) bond motifs is 1. The largest absolute Gasteiger partial charge is 0.618 e. The molecule has 0 radical (unpaired) electrons. The SMILES string of the molecule is CP1(=S)O[C@@]2(c3ccccn3)CC[C@@]2(c2ccccn2)S1.CP1(=S)O[C@H](c2cccc[n+]2[O-])[C@H](c2cccc[n+]2[O-])S1.CP1(=S)O[C@H](c2ccccc2)[C@H](c2ccccc2)S1.CP1(=S)O[C@H](c2ccccn2)[C@H](c2ccccn2)S1. The highest BCUT2D eigenvalue weighted by molar-refractivity contribution is 8.71. The molecular formula is C56H56N6O6P4S8. The van der Waals surface area contributed by atoms with Crippen LogP contribution in [0.1, 0.15) is 92.2 Å². The molecule has 0 bridgehead atoms. The second-order valence-corrected chi connectivity index (χ2v) is 51.2. The third-order valence-corrected chi connectivity index (χ3v) is 33.0. The van der Waals surface area contributed by atoms with Crippen molar-refractivity contribution >= 4 is 115 Å². The summed E-state index contributed by atoms with van der Waals surface area (Å²) in [6.45, 7) is 8.04. The van der Waals surface area contributed by atoms with E-state index in [0.717, 1.165) is 45.1 Å². The fourth-order valence-electron chi connectivity index (χ4n) is 10.0. The van der Waals surface area contributed by atoms with Crippen molar-refractivity contribution in [2.24, 2.45) is 0 Å². The van der Waals surface area contributed by atoms with E-state index in [1.807, 2.05) is 127 Å². The topological polar surface area (TPSA) is 142 Å². The molecular weight excluding hydrogens is 1230 g/mol. The fraction of sp³-hybridized carbons (Fsp3) is 0.250. The van der Waals surface area contributed by atoms with Gasteiger partial charge < -0.3 is 28.5 Å². The smallest absolute Gasteiger partial charge is 0.223 e. The minimum Gasteiger partial charge on any atom is -0.618 e. The van der Waals surface area contributed by atoms with Crippen LogP contribution in [0.3, 0.4) is 0 Å². The summed E-state index contributed by atoms with van der Waals surface area (Å²) in [6, 6.07) is 55.2. The summed E-state index contributed by atoms with van der Waals surface area (Å²) >= 11 is 29.2. The van der Waals surface area contributed by atoms with E-state index < -0.39 is 33.6 Å². The lowest BCUT2D eigenvalue weighted by Gasteiger charge is -2.51. The molecule has 80 heavy (non-hydrogen) atoms. The maximum atomic E-state index is 12.0. The monoisotopic (exact) mass is 1290 g/mol. The quantitative estimate of drug-likeness (QED) is 0.0808. The third kappa shape index (κ3) is 13.6. The number of aromatic nitrogens is 6. The molecule has 4 aliphatic heterocycles. The van der Waals surface area contributed by atoms with Crippen molar-refractivity contribution in [1.29, 1.82) is 0 Å². The molecule has 10 heterocycles. The van der Waals surface area contributed by atoms with Crippen molar-refractivity contribution in [3.63, 3.8) is 0 Å². The van der Waals surface area contributed by atoms with Crippen LogP contribution in [0.25, 0.3) is 0 Å². The van der Waals surface area contributed by atoms with E-state index in [9.17, 15) is 10.4 Å². The Hall–Kier alpha value is -3.22.